The van der Waals surface area contributed by atoms with Crippen LogP contribution in [0.15, 0.2) is 0 Å². The van der Waals surface area contributed by atoms with Crippen LogP contribution in [0.3, 0.4) is 0 Å². The normalized spacial score (nSPS) is 20.4. The van der Waals surface area contributed by atoms with E-state index in [0.717, 1.165) is 18.9 Å². The van der Waals surface area contributed by atoms with E-state index in [4.69, 9.17) is 0 Å². The van der Waals surface area contributed by atoms with Gasteiger partial charge in [0.1, 0.15) is 0 Å². The highest BCUT2D eigenvalue weighted by Crippen LogP contribution is 2.61. The van der Waals surface area contributed by atoms with Gasteiger partial charge in [0.25, 0.3) is 0 Å². The van der Waals surface area contributed by atoms with Gasteiger partial charge < -0.3 is 0 Å². The fraction of sp³-hybridized carbons (Fsp3) is 1.00. The molecule has 0 fully saturated rings. The van der Waals surface area contributed by atoms with Crippen molar-refractivity contribution < 1.29 is 164 Å². The zero-order chi connectivity index (χ0) is 43.7. The van der Waals surface area contributed by atoms with Crippen molar-refractivity contribution in [1.29, 1.82) is 0 Å². The van der Waals surface area contributed by atoms with Crippen LogP contribution in [0.25, 0.3) is 0 Å². The average Bonchev–Trinajstić information content (AvgIpc) is 2.83. The summed E-state index contributed by atoms with van der Waals surface area (Å²) < 4.78 is 429. The van der Waals surface area contributed by atoms with Gasteiger partial charge in [-0.2, -0.15) is 136 Å². The topological polar surface area (TPSA) is 46.2 Å². The number of ether oxygens (including phenoxy) is 5. The predicted molar refractivity (Wildman–Crippen MR) is 86.7 cm³/mol. The van der Waals surface area contributed by atoms with Crippen LogP contribution in [0.4, 0.5) is 140 Å². The van der Waals surface area contributed by atoms with Gasteiger partial charge in [-0.3, -0.25) is 23.7 Å². The molecule has 0 aromatic heterocycles. The maximum Gasteiger partial charge on any atom is 0.462 e. The van der Waals surface area contributed by atoms with Gasteiger partial charge in [0, 0.05) is 0 Å². The van der Waals surface area contributed by atoms with Gasteiger partial charge in [0.2, 0.25) is 0 Å². The van der Waals surface area contributed by atoms with Crippen molar-refractivity contribution in [3.05, 3.63) is 0 Å². The molecule has 4 atom stereocenters. The monoisotopic (exact) mass is 882 g/mol. The van der Waals surface area contributed by atoms with E-state index < -0.39 is 97.6 Å². The third kappa shape index (κ3) is 8.39. The largest absolute Gasteiger partial charge is 0.462 e. The summed E-state index contributed by atoms with van der Waals surface area (Å²) in [5.41, 5.74) is 0. The minimum atomic E-state index is -9.38. The van der Waals surface area contributed by atoms with Gasteiger partial charge in [0.05, 0.1) is 0 Å². The second kappa shape index (κ2) is 13.4. The van der Waals surface area contributed by atoms with Crippen LogP contribution in [0.5, 0.6) is 0 Å². The molecule has 4 unspecified atom stereocenters. The Kier molecular flexibility index (Phi) is 12.7. The molecule has 37 heteroatoms. The summed E-state index contributed by atoms with van der Waals surface area (Å²) in [4.78, 5) is 0. The van der Waals surface area contributed by atoms with Gasteiger partial charge in [-0.15, -0.1) is 0 Å². The maximum absolute atomic E-state index is 14.4. The van der Waals surface area contributed by atoms with Gasteiger partial charge in [0.15, 0.2) is 6.86 Å². The molecule has 0 saturated heterocycles. The van der Waals surface area contributed by atoms with Crippen molar-refractivity contribution >= 4 is 0 Å². The molecule has 0 saturated carbocycles. The Morgan fingerprint density at radius 1 is 0.245 bits per heavy atom. The molecule has 0 radical (unpaired) electrons. The molecule has 0 heterocycles. The molecule has 0 aromatic carbocycles. The zero-order valence-corrected chi connectivity index (χ0v) is 22.3. The second-order valence-corrected chi connectivity index (χ2v) is 8.69. The van der Waals surface area contributed by atoms with Crippen LogP contribution in [0, 0.1) is 0 Å². The van der Waals surface area contributed by atoms with Gasteiger partial charge in [-0.1, -0.05) is 0 Å². The minimum Gasteiger partial charge on any atom is -0.284 e. The number of alkyl halides is 32. The van der Waals surface area contributed by atoms with Crippen molar-refractivity contribution in [2.24, 2.45) is 0 Å². The lowest BCUT2D eigenvalue weighted by Crippen LogP contribution is -2.72. The number of hydrogen-bond acceptors (Lipinski definition) is 5. The second-order valence-electron chi connectivity index (χ2n) is 8.69. The first kappa shape index (κ1) is 50.6. The van der Waals surface area contributed by atoms with E-state index >= 15 is 0 Å². The maximum atomic E-state index is 14.4. The zero-order valence-electron chi connectivity index (χ0n) is 22.3. The van der Waals surface area contributed by atoms with E-state index in [9.17, 15) is 140 Å². The summed E-state index contributed by atoms with van der Waals surface area (Å²) in [5, 5.41) is 0. The molecule has 0 rings (SSSR count). The molecule has 0 N–H and O–H groups in total. The Morgan fingerprint density at radius 3 is 0.604 bits per heavy atom. The Bertz CT molecular complexity index is 1260. The lowest BCUT2D eigenvalue weighted by atomic mass is 10.2. The van der Waals surface area contributed by atoms with E-state index in [2.05, 4.69) is 0 Å². The van der Waals surface area contributed by atoms with E-state index in [0.29, 0.717) is 0 Å². The first-order valence-electron chi connectivity index (χ1n) is 10.8. The van der Waals surface area contributed by atoms with Crippen molar-refractivity contribution in [3.63, 3.8) is 0 Å². The lowest BCUT2D eigenvalue weighted by Gasteiger charge is -2.44. The molecule has 320 valence electrons. The van der Waals surface area contributed by atoms with Crippen molar-refractivity contribution in [1.82, 2.24) is 0 Å². The smallest absolute Gasteiger partial charge is 0.284 e. The lowest BCUT2D eigenvalue weighted by molar-refractivity contribution is -0.598. The number of rotatable bonds is 15. The Hall–Kier alpha value is -2.44. The third-order valence-corrected chi connectivity index (χ3v) is 4.99. The summed E-state index contributed by atoms with van der Waals surface area (Å²) >= 11 is 0. The van der Waals surface area contributed by atoms with E-state index in [1.54, 1.807) is 0 Å². The van der Waals surface area contributed by atoms with Gasteiger partial charge in [-0.05, 0) is 0 Å². The number of hydrogen-bond donors (Lipinski definition) is 0. The standard InChI is InChI=1S/C16H2F32O5/c17-1-49-13(41,42)3(20,8(27,28)29)51-15(45,46)5(22,10(33,34)35)53-16(47,48)6(23,11(36,37)38)52-14(43,44)4(21,9(30,31)32)50-12(39,40)2(18,19)7(24,25)26/h1H2. The van der Waals surface area contributed by atoms with Gasteiger partial charge in [-0.25, -0.2) is 4.39 Å². The van der Waals surface area contributed by atoms with Crippen LogP contribution < -0.4 is 0 Å². The summed E-state index contributed by atoms with van der Waals surface area (Å²) in [6, 6.07) is 0. The SMILES string of the molecule is FCOC(F)(F)C(F)(OC(F)(F)C(F)(OC(F)(F)C(F)(OC(F)(F)C(F)(OC(F)(F)C(F)(F)C(F)(F)F)C(F)(F)F)C(F)(F)F)C(F)(F)F)C(F)(F)F. The first-order valence-corrected chi connectivity index (χ1v) is 10.8. The Morgan fingerprint density at radius 2 is 0.434 bits per heavy atom. The molecular formula is C16H2F32O5. The van der Waals surface area contributed by atoms with Crippen molar-refractivity contribution in [2.45, 2.75) is 90.8 Å². The van der Waals surface area contributed by atoms with Gasteiger partial charge >= 0.3 is 90.8 Å². The molecule has 0 aromatic rings. The van der Waals surface area contributed by atoms with Crippen LogP contribution in [0.1, 0.15) is 0 Å². The van der Waals surface area contributed by atoms with E-state index in [-0.39, 0.29) is 0 Å². The van der Waals surface area contributed by atoms with Crippen molar-refractivity contribution in [3.8, 4) is 0 Å². The molecule has 0 aliphatic carbocycles. The molecule has 0 aliphatic rings. The Labute approximate surface area is 263 Å². The molecule has 5 nitrogen and oxygen atoms in total. The quantitative estimate of drug-likeness (QED) is 0.153. The van der Waals surface area contributed by atoms with Crippen LogP contribution in [-0.4, -0.2) is 97.6 Å². The highest BCUT2D eigenvalue weighted by Gasteiger charge is 2.91. The molecule has 0 amide bonds. The summed E-state index contributed by atoms with van der Waals surface area (Å²) in [7, 11) is 0. The summed E-state index contributed by atoms with van der Waals surface area (Å²) in [6.07, 6.45) is -86.9. The molecule has 53 heavy (non-hydrogen) atoms. The predicted octanol–water partition coefficient (Wildman–Crippen LogP) is 10.1. The van der Waals surface area contributed by atoms with E-state index in [1.165, 1.54) is 0 Å². The van der Waals surface area contributed by atoms with Crippen LogP contribution in [-0.2, 0) is 23.7 Å². The first-order chi connectivity index (χ1) is 22.4. The van der Waals surface area contributed by atoms with Crippen LogP contribution in [0.2, 0.25) is 0 Å². The summed E-state index contributed by atoms with van der Waals surface area (Å²) in [6.45, 7) is -3.57. The molecular weight excluding hydrogens is 880 g/mol. The summed E-state index contributed by atoms with van der Waals surface area (Å²) in [5.74, 6) is -44.5. The molecule has 0 bridgehead atoms. The van der Waals surface area contributed by atoms with Crippen molar-refractivity contribution in [2.75, 3.05) is 6.86 Å². The fourth-order valence-electron chi connectivity index (χ4n) is 2.42. The Balaban J connectivity index is 7.80. The number of halogens is 32. The van der Waals surface area contributed by atoms with E-state index in [1.807, 2.05) is 4.74 Å². The molecule has 0 aliphatic heterocycles. The van der Waals surface area contributed by atoms with Crippen LogP contribution >= 0.6 is 0 Å². The average molecular weight is 882 g/mol. The minimum absolute atomic E-state index is 0.768. The third-order valence-electron chi connectivity index (χ3n) is 4.99. The highest BCUT2D eigenvalue weighted by molar-refractivity contribution is 5.00. The molecule has 0 spiro atoms. The highest BCUT2D eigenvalue weighted by atomic mass is 19.4. The fourth-order valence-corrected chi connectivity index (χ4v) is 2.42.